The van der Waals surface area contributed by atoms with E-state index in [1.807, 2.05) is 32.9 Å². The van der Waals surface area contributed by atoms with E-state index in [1.165, 1.54) is 11.1 Å². The first-order valence-electron chi connectivity index (χ1n) is 9.68. The molecule has 0 saturated carbocycles. The van der Waals surface area contributed by atoms with Gasteiger partial charge >= 0.3 is 5.97 Å². The van der Waals surface area contributed by atoms with Crippen molar-refractivity contribution in [1.29, 1.82) is 0 Å². The molecule has 2 N–H and O–H groups in total. The van der Waals surface area contributed by atoms with Crippen LogP contribution in [-0.2, 0) is 9.53 Å². The second kappa shape index (κ2) is 8.15. The molecule has 0 spiro atoms. The molecule has 1 aliphatic rings. The first kappa shape index (κ1) is 20.1. The molecule has 28 heavy (non-hydrogen) atoms. The SMILES string of the molecule is Cc1ccccc1[C@@H]1CCN[C@@H]1C(=O)Nc1ccc(C(=O)OC(C)(C)C)cc1. The van der Waals surface area contributed by atoms with Crippen LogP contribution in [0.5, 0.6) is 0 Å². The molecule has 0 unspecified atom stereocenters. The van der Waals surface area contributed by atoms with Gasteiger partial charge in [0, 0.05) is 11.6 Å². The van der Waals surface area contributed by atoms with Crippen LogP contribution < -0.4 is 10.6 Å². The number of nitrogens with one attached hydrogen (secondary N) is 2. The Kier molecular flexibility index (Phi) is 5.84. The Labute approximate surface area is 166 Å². The minimum absolute atomic E-state index is 0.0595. The van der Waals surface area contributed by atoms with E-state index >= 15 is 0 Å². The van der Waals surface area contributed by atoms with Crippen molar-refractivity contribution < 1.29 is 14.3 Å². The van der Waals surface area contributed by atoms with Gasteiger partial charge in [0.25, 0.3) is 0 Å². The van der Waals surface area contributed by atoms with E-state index in [2.05, 4.69) is 29.7 Å². The molecule has 1 fully saturated rings. The third-order valence-corrected chi connectivity index (χ3v) is 4.88. The Morgan fingerprint density at radius 2 is 1.75 bits per heavy atom. The van der Waals surface area contributed by atoms with Gasteiger partial charge in [0.15, 0.2) is 0 Å². The summed E-state index contributed by atoms with van der Waals surface area (Å²) in [6.07, 6.45) is 0.931. The predicted octanol–water partition coefficient (Wildman–Crippen LogP) is 4.03. The Morgan fingerprint density at radius 1 is 1.07 bits per heavy atom. The number of carbonyl (C=O) groups is 2. The topological polar surface area (TPSA) is 67.4 Å². The van der Waals surface area contributed by atoms with Crippen molar-refractivity contribution in [3.05, 3.63) is 65.2 Å². The zero-order chi connectivity index (χ0) is 20.3. The number of rotatable bonds is 4. The van der Waals surface area contributed by atoms with Gasteiger partial charge in [0.2, 0.25) is 5.91 Å². The largest absolute Gasteiger partial charge is 0.456 e. The van der Waals surface area contributed by atoms with Gasteiger partial charge in [-0.05, 0) is 76.1 Å². The van der Waals surface area contributed by atoms with Crippen molar-refractivity contribution in [1.82, 2.24) is 5.32 Å². The van der Waals surface area contributed by atoms with Gasteiger partial charge in [-0.3, -0.25) is 4.79 Å². The van der Waals surface area contributed by atoms with Crippen molar-refractivity contribution in [2.24, 2.45) is 0 Å². The Hall–Kier alpha value is -2.66. The molecule has 0 aromatic heterocycles. The van der Waals surface area contributed by atoms with Crippen LogP contribution in [0.25, 0.3) is 0 Å². The van der Waals surface area contributed by atoms with Crippen molar-refractivity contribution in [2.45, 2.75) is 51.7 Å². The molecule has 5 heteroatoms. The van der Waals surface area contributed by atoms with Crippen molar-refractivity contribution in [2.75, 3.05) is 11.9 Å². The lowest BCUT2D eigenvalue weighted by atomic mass is 9.88. The molecular weight excluding hydrogens is 352 g/mol. The molecular formula is C23H28N2O3. The van der Waals surface area contributed by atoms with Crippen molar-refractivity contribution in [3.8, 4) is 0 Å². The zero-order valence-electron chi connectivity index (χ0n) is 16.9. The molecule has 0 radical (unpaired) electrons. The smallest absolute Gasteiger partial charge is 0.338 e. The zero-order valence-corrected chi connectivity index (χ0v) is 16.9. The highest BCUT2D eigenvalue weighted by atomic mass is 16.6. The second-order valence-corrected chi connectivity index (χ2v) is 8.25. The Bertz CT molecular complexity index is 853. The maximum absolute atomic E-state index is 12.9. The van der Waals surface area contributed by atoms with Crippen LogP contribution in [0.1, 0.15) is 54.6 Å². The van der Waals surface area contributed by atoms with Crippen molar-refractivity contribution >= 4 is 17.6 Å². The number of aryl methyl sites for hydroxylation is 1. The minimum atomic E-state index is -0.539. The highest BCUT2D eigenvalue weighted by molar-refractivity contribution is 5.96. The van der Waals surface area contributed by atoms with Crippen LogP contribution in [0.4, 0.5) is 5.69 Å². The van der Waals surface area contributed by atoms with Gasteiger partial charge < -0.3 is 15.4 Å². The van der Waals surface area contributed by atoms with E-state index in [1.54, 1.807) is 24.3 Å². The summed E-state index contributed by atoms with van der Waals surface area (Å²) in [6, 6.07) is 14.7. The molecule has 1 saturated heterocycles. The summed E-state index contributed by atoms with van der Waals surface area (Å²) in [6.45, 7) is 8.39. The summed E-state index contributed by atoms with van der Waals surface area (Å²) < 4.78 is 5.36. The average Bonchev–Trinajstić information content (AvgIpc) is 3.11. The summed E-state index contributed by atoms with van der Waals surface area (Å²) >= 11 is 0. The van der Waals surface area contributed by atoms with Crippen LogP contribution in [0.15, 0.2) is 48.5 Å². The number of benzene rings is 2. The van der Waals surface area contributed by atoms with Gasteiger partial charge in [-0.2, -0.15) is 0 Å². The summed E-state index contributed by atoms with van der Waals surface area (Å²) in [5.41, 5.74) is 3.01. The molecule has 1 aliphatic heterocycles. The summed E-state index contributed by atoms with van der Waals surface area (Å²) in [4.78, 5) is 25.0. The maximum atomic E-state index is 12.9. The fourth-order valence-corrected chi connectivity index (χ4v) is 3.56. The number of hydrogen-bond acceptors (Lipinski definition) is 4. The summed E-state index contributed by atoms with van der Waals surface area (Å²) in [5, 5.41) is 6.29. The van der Waals surface area contributed by atoms with Gasteiger partial charge in [0.1, 0.15) is 5.60 Å². The monoisotopic (exact) mass is 380 g/mol. The van der Waals surface area contributed by atoms with E-state index in [4.69, 9.17) is 4.74 Å². The first-order chi connectivity index (χ1) is 13.2. The number of amides is 1. The molecule has 5 nitrogen and oxygen atoms in total. The third-order valence-electron chi connectivity index (χ3n) is 4.88. The van der Waals surface area contributed by atoms with E-state index in [-0.39, 0.29) is 23.8 Å². The Morgan fingerprint density at radius 3 is 2.39 bits per heavy atom. The van der Waals surface area contributed by atoms with Gasteiger partial charge in [0.05, 0.1) is 11.6 Å². The molecule has 3 rings (SSSR count). The fraction of sp³-hybridized carbons (Fsp3) is 0.391. The second-order valence-electron chi connectivity index (χ2n) is 8.25. The molecule has 0 bridgehead atoms. The van der Waals surface area contributed by atoms with Crippen LogP contribution in [0.2, 0.25) is 0 Å². The van der Waals surface area contributed by atoms with Crippen molar-refractivity contribution in [3.63, 3.8) is 0 Å². The maximum Gasteiger partial charge on any atom is 0.338 e. The molecule has 1 amide bonds. The fourth-order valence-electron chi connectivity index (χ4n) is 3.56. The molecule has 1 heterocycles. The van der Waals surface area contributed by atoms with E-state index in [9.17, 15) is 9.59 Å². The lowest BCUT2D eigenvalue weighted by Gasteiger charge is -2.21. The average molecular weight is 380 g/mol. The third kappa shape index (κ3) is 4.78. The van der Waals surface area contributed by atoms with Crippen LogP contribution in [0.3, 0.4) is 0 Å². The van der Waals surface area contributed by atoms with Gasteiger partial charge in [-0.25, -0.2) is 4.79 Å². The number of carbonyl (C=O) groups excluding carboxylic acids is 2. The molecule has 2 aromatic rings. The molecule has 2 aromatic carbocycles. The highest BCUT2D eigenvalue weighted by Gasteiger charge is 2.34. The van der Waals surface area contributed by atoms with Crippen LogP contribution >= 0.6 is 0 Å². The van der Waals surface area contributed by atoms with Crippen LogP contribution in [0, 0.1) is 6.92 Å². The van der Waals surface area contributed by atoms with Gasteiger partial charge in [-0.15, -0.1) is 0 Å². The van der Waals surface area contributed by atoms with Crippen LogP contribution in [-0.4, -0.2) is 30.1 Å². The minimum Gasteiger partial charge on any atom is -0.456 e. The number of ether oxygens (including phenoxy) is 1. The standard InChI is InChI=1S/C23H28N2O3/c1-15-7-5-6-8-18(15)19-13-14-24-20(19)21(26)25-17-11-9-16(10-12-17)22(27)28-23(2,3)4/h5-12,19-20,24H,13-14H2,1-4H3,(H,25,26)/t19-,20-/m0/s1. The number of anilines is 1. The van der Waals surface area contributed by atoms with Gasteiger partial charge in [-0.1, -0.05) is 24.3 Å². The quantitative estimate of drug-likeness (QED) is 0.786. The lowest BCUT2D eigenvalue weighted by molar-refractivity contribution is -0.118. The Balaban J connectivity index is 1.67. The summed E-state index contributed by atoms with van der Waals surface area (Å²) in [7, 11) is 0. The number of hydrogen-bond donors (Lipinski definition) is 2. The first-order valence-corrected chi connectivity index (χ1v) is 9.68. The van der Waals surface area contributed by atoms with E-state index in [0.717, 1.165) is 13.0 Å². The normalized spacial score (nSPS) is 19.3. The molecule has 148 valence electrons. The molecule has 2 atom stereocenters. The predicted molar refractivity (Wildman–Crippen MR) is 111 cm³/mol. The highest BCUT2D eigenvalue weighted by Crippen LogP contribution is 2.30. The lowest BCUT2D eigenvalue weighted by Crippen LogP contribution is -2.39. The van der Waals surface area contributed by atoms with E-state index < -0.39 is 5.60 Å². The molecule has 0 aliphatic carbocycles. The van der Waals surface area contributed by atoms with E-state index in [0.29, 0.717) is 11.3 Å². The number of esters is 1. The summed E-state index contributed by atoms with van der Waals surface area (Å²) in [5.74, 6) is -0.277.